The highest BCUT2D eigenvalue weighted by Crippen LogP contribution is 2.04. The summed E-state index contributed by atoms with van der Waals surface area (Å²) in [6.45, 7) is 5.12. The molecule has 0 radical (unpaired) electrons. The second-order valence-corrected chi connectivity index (χ2v) is 4.75. The smallest absolute Gasteiger partial charge is 0.242 e. The van der Waals surface area contributed by atoms with E-state index < -0.39 is 0 Å². The van der Waals surface area contributed by atoms with Crippen molar-refractivity contribution in [3.8, 4) is 0 Å². The van der Waals surface area contributed by atoms with Gasteiger partial charge in [-0.25, -0.2) is 0 Å². The molecule has 2 amide bonds. The lowest BCUT2D eigenvalue weighted by atomic mass is 10.1. The third-order valence-corrected chi connectivity index (χ3v) is 3.17. The van der Waals surface area contributed by atoms with Crippen LogP contribution in [0.2, 0.25) is 0 Å². The fraction of sp³-hybridized carbons (Fsp3) is 0.467. The molecule has 1 unspecified atom stereocenters. The molecule has 0 aromatic heterocycles. The number of nitrogens with zero attached hydrogens (tertiary/aromatic N) is 1. The van der Waals surface area contributed by atoms with Crippen molar-refractivity contribution in [3.05, 3.63) is 35.9 Å². The summed E-state index contributed by atoms with van der Waals surface area (Å²) in [7, 11) is 0. The van der Waals surface area contributed by atoms with Crippen molar-refractivity contribution in [2.45, 2.75) is 20.4 Å². The second kappa shape index (κ2) is 8.32. The standard InChI is InChI=1S/C15H23N3O2/c1-3-18(11-13-7-5-4-6-8-13)14(19)10-17-15(20)12(2)9-16/h4-8,12H,3,9-11,16H2,1-2H3,(H,17,20). The molecule has 1 atom stereocenters. The molecule has 0 heterocycles. The van der Waals surface area contributed by atoms with Crippen LogP contribution in [-0.2, 0) is 16.1 Å². The average molecular weight is 277 g/mol. The topological polar surface area (TPSA) is 75.4 Å². The Labute approximate surface area is 120 Å². The molecule has 0 saturated carbocycles. The van der Waals surface area contributed by atoms with E-state index in [9.17, 15) is 9.59 Å². The van der Waals surface area contributed by atoms with E-state index in [0.29, 0.717) is 13.1 Å². The first kappa shape index (κ1) is 16.2. The first-order valence-electron chi connectivity index (χ1n) is 6.88. The molecule has 0 aliphatic heterocycles. The number of nitrogens with two attached hydrogens (primary N) is 1. The van der Waals surface area contributed by atoms with E-state index in [2.05, 4.69) is 5.32 Å². The molecule has 110 valence electrons. The van der Waals surface area contributed by atoms with Crippen molar-refractivity contribution in [2.75, 3.05) is 19.6 Å². The molecule has 0 spiro atoms. The van der Waals surface area contributed by atoms with Crippen molar-refractivity contribution in [3.63, 3.8) is 0 Å². The van der Waals surface area contributed by atoms with Crippen molar-refractivity contribution in [1.82, 2.24) is 10.2 Å². The third-order valence-electron chi connectivity index (χ3n) is 3.17. The summed E-state index contributed by atoms with van der Waals surface area (Å²) in [5.41, 5.74) is 6.48. The van der Waals surface area contributed by atoms with Gasteiger partial charge in [-0.15, -0.1) is 0 Å². The minimum Gasteiger partial charge on any atom is -0.347 e. The molecule has 1 rings (SSSR count). The highest BCUT2D eigenvalue weighted by atomic mass is 16.2. The number of amides is 2. The zero-order valence-electron chi connectivity index (χ0n) is 12.1. The van der Waals surface area contributed by atoms with Gasteiger partial charge in [0.2, 0.25) is 11.8 Å². The van der Waals surface area contributed by atoms with Gasteiger partial charge in [0.1, 0.15) is 0 Å². The van der Waals surface area contributed by atoms with E-state index >= 15 is 0 Å². The second-order valence-electron chi connectivity index (χ2n) is 4.75. The van der Waals surface area contributed by atoms with E-state index in [0.717, 1.165) is 5.56 Å². The maximum Gasteiger partial charge on any atom is 0.242 e. The van der Waals surface area contributed by atoms with Crippen LogP contribution in [0.3, 0.4) is 0 Å². The predicted octanol–water partition coefficient (Wildman–Crippen LogP) is 0.746. The van der Waals surface area contributed by atoms with Crippen LogP contribution >= 0.6 is 0 Å². The Morgan fingerprint density at radius 3 is 2.50 bits per heavy atom. The van der Waals surface area contributed by atoms with E-state index in [1.165, 1.54) is 0 Å². The predicted molar refractivity (Wildman–Crippen MR) is 78.8 cm³/mol. The number of hydrogen-bond donors (Lipinski definition) is 2. The Kier molecular flexibility index (Phi) is 6.73. The van der Waals surface area contributed by atoms with Crippen LogP contribution in [0.1, 0.15) is 19.4 Å². The maximum absolute atomic E-state index is 12.1. The molecule has 5 heteroatoms. The Morgan fingerprint density at radius 2 is 1.95 bits per heavy atom. The Balaban J connectivity index is 2.49. The van der Waals surface area contributed by atoms with Crippen molar-refractivity contribution < 1.29 is 9.59 Å². The SMILES string of the molecule is CCN(Cc1ccccc1)C(=O)CNC(=O)C(C)CN. The van der Waals surface area contributed by atoms with Gasteiger partial charge in [0.15, 0.2) is 0 Å². The van der Waals surface area contributed by atoms with Crippen LogP contribution in [0, 0.1) is 5.92 Å². The van der Waals surface area contributed by atoms with Gasteiger partial charge < -0.3 is 16.0 Å². The summed E-state index contributed by atoms with van der Waals surface area (Å²) in [4.78, 5) is 25.4. The van der Waals surface area contributed by atoms with Gasteiger partial charge in [-0.05, 0) is 12.5 Å². The highest BCUT2D eigenvalue weighted by molar-refractivity contribution is 5.85. The van der Waals surface area contributed by atoms with Gasteiger partial charge in [0.05, 0.1) is 6.54 Å². The zero-order valence-corrected chi connectivity index (χ0v) is 12.1. The lowest BCUT2D eigenvalue weighted by Gasteiger charge is -2.21. The number of carbonyl (C=O) groups excluding carboxylic acids is 2. The lowest BCUT2D eigenvalue weighted by Crippen LogP contribution is -2.42. The van der Waals surface area contributed by atoms with Crippen molar-refractivity contribution in [2.24, 2.45) is 11.7 Å². The normalized spacial score (nSPS) is 11.8. The van der Waals surface area contributed by atoms with E-state index in [1.807, 2.05) is 37.3 Å². The highest BCUT2D eigenvalue weighted by Gasteiger charge is 2.15. The van der Waals surface area contributed by atoms with E-state index in [4.69, 9.17) is 5.73 Å². The Hall–Kier alpha value is -1.88. The first-order chi connectivity index (χ1) is 9.58. The monoisotopic (exact) mass is 277 g/mol. The molecule has 0 aliphatic rings. The van der Waals surface area contributed by atoms with Crippen molar-refractivity contribution >= 4 is 11.8 Å². The number of benzene rings is 1. The molecule has 0 fully saturated rings. The number of hydrogen-bond acceptors (Lipinski definition) is 3. The molecule has 5 nitrogen and oxygen atoms in total. The van der Waals surface area contributed by atoms with Gasteiger partial charge in [-0.2, -0.15) is 0 Å². The molecule has 1 aromatic carbocycles. The van der Waals surface area contributed by atoms with Crippen molar-refractivity contribution in [1.29, 1.82) is 0 Å². The molecular weight excluding hydrogens is 254 g/mol. The zero-order chi connectivity index (χ0) is 15.0. The van der Waals surface area contributed by atoms with Gasteiger partial charge in [0, 0.05) is 25.6 Å². The van der Waals surface area contributed by atoms with Crippen LogP contribution in [0.4, 0.5) is 0 Å². The van der Waals surface area contributed by atoms with E-state index in [-0.39, 0.29) is 30.8 Å². The maximum atomic E-state index is 12.1. The largest absolute Gasteiger partial charge is 0.347 e. The Bertz CT molecular complexity index is 434. The van der Waals surface area contributed by atoms with Crippen LogP contribution in [0.25, 0.3) is 0 Å². The van der Waals surface area contributed by atoms with Crippen LogP contribution in [-0.4, -0.2) is 36.3 Å². The summed E-state index contributed by atoms with van der Waals surface area (Å²) < 4.78 is 0. The van der Waals surface area contributed by atoms with Crippen LogP contribution < -0.4 is 11.1 Å². The number of nitrogens with one attached hydrogen (secondary N) is 1. The van der Waals surface area contributed by atoms with Crippen LogP contribution in [0.5, 0.6) is 0 Å². The molecule has 1 aromatic rings. The summed E-state index contributed by atoms with van der Waals surface area (Å²) in [6, 6.07) is 9.78. The molecule has 0 aliphatic carbocycles. The average Bonchev–Trinajstić information content (AvgIpc) is 2.49. The quantitative estimate of drug-likeness (QED) is 0.772. The summed E-state index contributed by atoms with van der Waals surface area (Å²) in [5, 5.41) is 2.62. The minimum absolute atomic E-state index is 0.0177. The van der Waals surface area contributed by atoms with Gasteiger partial charge in [0.25, 0.3) is 0 Å². The first-order valence-corrected chi connectivity index (χ1v) is 6.88. The molecule has 20 heavy (non-hydrogen) atoms. The van der Waals surface area contributed by atoms with Gasteiger partial charge in [-0.3, -0.25) is 9.59 Å². The fourth-order valence-corrected chi connectivity index (χ4v) is 1.74. The number of likely N-dealkylation sites (N-methyl/N-ethyl adjacent to an activating group) is 1. The number of carbonyl (C=O) groups is 2. The summed E-state index contributed by atoms with van der Waals surface area (Å²) >= 11 is 0. The van der Waals surface area contributed by atoms with Gasteiger partial charge in [-0.1, -0.05) is 37.3 Å². The fourth-order valence-electron chi connectivity index (χ4n) is 1.74. The molecule has 3 N–H and O–H groups in total. The van der Waals surface area contributed by atoms with Gasteiger partial charge >= 0.3 is 0 Å². The minimum atomic E-state index is -0.271. The Morgan fingerprint density at radius 1 is 1.30 bits per heavy atom. The van der Waals surface area contributed by atoms with Crippen LogP contribution in [0.15, 0.2) is 30.3 Å². The lowest BCUT2D eigenvalue weighted by molar-refractivity contribution is -0.134. The summed E-state index contributed by atoms with van der Waals surface area (Å²) in [6.07, 6.45) is 0. The van der Waals surface area contributed by atoms with E-state index in [1.54, 1.807) is 11.8 Å². The third kappa shape index (κ3) is 5.01. The number of rotatable bonds is 7. The molecular formula is C15H23N3O2. The molecule has 0 saturated heterocycles. The molecule has 0 bridgehead atoms. The summed E-state index contributed by atoms with van der Waals surface area (Å²) in [5.74, 6) is -0.544.